The maximum Gasteiger partial charge on any atom is 0.241 e. The number of carbonyl (C=O) groups is 1. The predicted octanol–water partition coefficient (Wildman–Crippen LogP) is 1.63. The number of fused-ring (bicyclic) bond motifs is 1. The van der Waals surface area contributed by atoms with Gasteiger partial charge in [-0.15, -0.1) is 5.10 Å². The third-order valence-corrected chi connectivity index (χ3v) is 9.24. The monoisotopic (exact) mass is 551 g/mol. The van der Waals surface area contributed by atoms with E-state index in [2.05, 4.69) is 50.1 Å². The molecule has 39 heavy (non-hydrogen) atoms. The Kier molecular flexibility index (Phi) is 8.13. The Hall–Kier alpha value is -3.12. The SMILES string of the molecule is Cc1ccc(S(=O)(=O)NC(Cc2cn([C@@H]3CCCc4cc(CN5CCN(C)CC5)ccc43)nn2)C(N)=O)cc1. The Morgan fingerprint density at radius 2 is 1.87 bits per heavy atom. The number of nitrogens with two attached hydrogens (primary N) is 1. The highest BCUT2D eigenvalue weighted by Gasteiger charge is 2.27. The number of primary amides is 1. The Balaban J connectivity index is 1.28. The molecule has 2 atom stereocenters. The quantitative estimate of drug-likeness (QED) is 0.414. The minimum Gasteiger partial charge on any atom is -0.368 e. The summed E-state index contributed by atoms with van der Waals surface area (Å²) < 4.78 is 30.0. The molecule has 0 radical (unpaired) electrons. The number of sulfonamides is 1. The van der Waals surface area contributed by atoms with E-state index in [-0.39, 0.29) is 17.4 Å². The molecule has 1 aliphatic carbocycles. The van der Waals surface area contributed by atoms with E-state index >= 15 is 0 Å². The van der Waals surface area contributed by atoms with Crippen molar-refractivity contribution in [3.63, 3.8) is 0 Å². The molecule has 3 N–H and O–H groups in total. The van der Waals surface area contributed by atoms with E-state index in [1.54, 1.807) is 18.3 Å². The normalized spacial score (nSPS) is 19.5. The summed E-state index contributed by atoms with van der Waals surface area (Å²) in [7, 11) is -1.75. The average molecular weight is 552 g/mol. The minimum absolute atomic E-state index is 0.0178. The van der Waals surface area contributed by atoms with E-state index in [1.165, 1.54) is 28.8 Å². The first kappa shape index (κ1) is 27.4. The van der Waals surface area contributed by atoms with Crippen LogP contribution in [0.1, 0.15) is 46.8 Å². The summed E-state index contributed by atoms with van der Waals surface area (Å²) in [6, 6.07) is 12.1. The molecule has 2 aliphatic rings. The fourth-order valence-corrected chi connectivity index (χ4v) is 6.63. The van der Waals surface area contributed by atoms with Gasteiger partial charge >= 0.3 is 0 Å². The molecule has 1 amide bonds. The summed E-state index contributed by atoms with van der Waals surface area (Å²) in [5, 5.41) is 8.62. The average Bonchev–Trinajstić information content (AvgIpc) is 3.37. The van der Waals surface area contributed by atoms with Crippen LogP contribution in [-0.2, 0) is 34.2 Å². The second kappa shape index (κ2) is 11.5. The van der Waals surface area contributed by atoms with Crippen molar-refractivity contribution in [1.82, 2.24) is 29.5 Å². The highest BCUT2D eigenvalue weighted by Crippen LogP contribution is 2.33. The van der Waals surface area contributed by atoms with Gasteiger partial charge < -0.3 is 10.6 Å². The number of likely N-dealkylation sites (N-methyl/N-ethyl adjacent to an activating group) is 1. The summed E-state index contributed by atoms with van der Waals surface area (Å²) in [6.07, 6.45) is 4.84. The van der Waals surface area contributed by atoms with Crippen LogP contribution in [0, 0.1) is 6.92 Å². The van der Waals surface area contributed by atoms with Crippen LogP contribution in [0.25, 0.3) is 0 Å². The summed E-state index contributed by atoms with van der Waals surface area (Å²) in [6.45, 7) is 7.22. The van der Waals surface area contributed by atoms with E-state index < -0.39 is 22.0 Å². The Labute approximate surface area is 230 Å². The van der Waals surface area contributed by atoms with Gasteiger partial charge in [-0.05, 0) is 62.1 Å². The molecule has 1 saturated heterocycles. The highest BCUT2D eigenvalue weighted by atomic mass is 32.2. The lowest BCUT2D eigenvalue weighted by Crippen LogP contribution is -2.45. The van der Waals surface area contributed by atoms with Gasteiger partial charge in [0, 0.05) is 45.3 Å². The Morgan fingerprint density at radius 3 is 2.59 bits per heavy atom. The Morgan fingerprint density at radius 1 is 1.13 bits per heavy atom. The second-order valence-corrected chi connectivity index (χ2v) is 12.5. The topological polar surface area (TPSA) is 126 Å². The van der Waals surface area contributed by atoms with Crippen molar-refractivity contribution < 1.29 is 13.2 Å². The van der Waals surface area contributed by atoms with Gasteiger partial charge in [0.25, 0.3) is 0 Å². The van der Waals surface area contributed by atoms with Gasteiger partial charge in [0.1, 0.15) is 6.04 Å². The predicted molar refractivity (Wildman–Crippen MR) is 149 cm³/mol. The van der Waals surface area contributed by atoms with Crippen molar-refractivity contribution >= 4 is 15.9 Å². The van der Waals surface area contributed by atoms with Gasteiger partial charge in [-0.2, -0.15) is 4.72 Å². The molecule has 1 aliphatic heterocycles. The van der Waals surface area contributed by atoms with Gasteiger partial charge in [-0.3, -0.25) is 9.69 Å². The van der Waals surface area contributed by atoms with Gasteiger partial charge in [-0.1, -0.05) is 41.1 Å². The number of hydrogen-bond donors (Lipinski definition) is 2. The fourth-order valence-electron chi connectivity index (χ4n) is 5.42. The molecule has 1 unspecified atom stereocenters. The zero-order valence-corrected chi connectivity index (χ0v) is 23.4. The van der Waals surface area contributed by atoms with Gasteiger partial charge in [0.05, 0.1) is 16.6 Å². The minimum atomic E-state index is -3.92. The number of amides is 1. The molecule has 10 nitrogen and oxygen atoms in total. The molecule has 208 valence electrons. The number of carbonyl (C=O) groups excluding carboxylic acids is 1. The largest absolute Gasteiger partial charge is 0.368 e. The summed E-state index contributed by atoms with van der Waals surface area (Å²) in [4.78, 5) is 17.1. The van der Waals surface area contributed by atoms with Crippen LogP contribution in [0.3, 0.4) is 0 Å². The van der Waals surface area contributed by atoms with Crippen molar-refractivity contribution in [3.8, 4) is 0 Å². The molecule has 1 fully saturated rings. The first-order chi connectivity index (χ1) is 18.7. The molecule has 1 aromatic heterocycles. The summed E-state index contributed by atoms with van der Waals surface area (Å²) >= 11 is 0. The van der Waals surface area contributed by atoms with Crippen LogP contribution < -0.4 is 10.5 Å². The highest BCUT2D eigenvalue weighted by molar-refractivity contribution is 7.89. The van der Waals surface area contributed by atoms with Crippen LogP contribution in [-0.4, -0.2) is 78.4 Å². The van der Waals surface area contributed by atoms with E-state index in [9.17, 15) is 13.2 Å². The molecule has 0 bridgehead atoms. The number of hydrogen-bond acceptors (Lipinski definition) is 7. The van der Waals surface area contributed by atoms with E-state index in [0.717, 1.165) is 57.5 Å². The third kappa shape index (κ3) is 6.55. The van der Waals surface area contributed by atoms with Crippen molar-refractivity contribution in [2.24, 2.45) is 5.73 Å². The zero-order valence-electron chi connectivity index (χ0n) is 22.6. The molecule has 0 saturated carbocycles. The van der Waals surface area contributed by atoms with E-state index in [4.69, 9.17) is 5.73 Å². The lowest BCUT2D eigenvalue weighted by molar-refractivity contribution is -0.119. The molecule has 2 heterocycles. The van der Waals surface area contributed by atoms with E-state index in [0.29, 0.717) is 5.69 Å². The van der Waals surface area contributed by atoms with Crippen molar-refractivity contribution in [1.29, 1.82) is 0 Å². The van der Waals surface area contributed by atoms with Crippen LogP contribution in [0.2, 0.25) is 0 Å². The van der Waals surface area contributed by atoms with E-state index in [1.807, 2.05) is 11.6 Å². The van der Waals surface area contributed by atoms with Crippen LogP contribution in [0.5, 0.6) is 0 Å². The molecule has 0 spiro atoms. The smallest absolute Gasteiger partial charge is 0.241 e. The molecular formula is C28H37N7O3S. The number of piperazine rings is 1. The van der Waals surface area contributed by atoms with Gasteiger partial charge in [-0.25, -0.2) is 13.1 Å². The summed E-state index contributed by atoms with van der Waals surface area (Å²) in [5.74, 6) is -0.767. The fraction of sp³-hybridized carbons (Fsp3) is 0.464. The number of nitrogens with zero attached hydrogens (tertiary/aromatic N) is 5. The van der Waals surface area contributed by atoms with Crippen molar-refractivity contribution in [2.45, 2.75) is 56.1 Å². The lowest BCUT2D eigenvalue weighted by atomic mass is 9.86. The van der Waals surface area contributed by atoms with Crippen molar-refractivity contribution in [2.75, 3.05) is 33.2 Å². The maximum atomic E-state index is 12.8. The number of aromatic nitrogens is 3. The van der Waals surface area contributed by atoms with Crippen molar-refractivity contribution in [3.05, 3.63) is 76.6 Å². The van der Waals surface area contributed by atoms with Gasteiger partial charge in [0.2, 0.25) is 15.9 Å². The maximum absolute atomic E-state index is 12.8. The summed E-state index contributed by atoms with van der Waals surface area (Å²) in [5.41, 5.74) is 10.9. The number of aryl methyl sites for hydroxylation is 2. The lowest BCUT2D eigenvalue weighted by Gasteiger charge is -2.33. The standard InChI is InChI=1S/C28H37N7O3S/c1-20-6-9-24(10-7-20)39(37,38)31-26(28(29)36)17-23-19-35(32-30-23)27-5-3-4-22-16-21(8-11-25(22)27)18-34-14-12-33(2)13-15-34/h6-11,16,19,26-27,31H,3-5,12-15,17-18H2,1-2H3,(H2,29,36)/t26?,27-/m1/s1. The number of rotatable bonds is 9. The van der Waals surface area contributed by atoms with Crippen LogP contribution >= 0.6 is 0 Å². The van der Waals surface area contributed by atoms with Gasteiger partial charge in [0.15, 0.2) is 0 Å². The number of benzene rings is 2. The molecule has 5 rings (SSSR count). The Bertz CT molecular complexity index is 1410. The van der Waals surface area contributed by atoms with Crippen LogP contribution in [0.4, 0.5) is 0 Å². The first-order valence-electron chi connectivity index (χ1n) is 13.5. The molecular weight excluding hydrogens is 514 g/mol. The molecule has 11 heteroatoms. The van der Waals surface area contributed by atoms with Crippen LogP contribution in [0.15, 0.2) is 53.6 Å². The molecule has 2 aromatic carbocycles. The molecule has 3 aromatic rings. The third-order valence-electron chi connectivity index (χ3n) is 7.75. The zero-order chi connectivity index (χ0) is 27.6. The second-order valence-electron chi connectivity index (χ2n) is 10.8. The number of nitrogens with one attached hydrogen (secondary N) is 1. The first-order valence-corrected chi connectivity index (χ1v) is 15.0.